The molecule has 23 heavy (non-hydrogen) atoms. The number of benzene rings is 2. The topological polar surface area (TPSA) is 87.2 Å². The van der Waals surface area contributed by atoms with Crippen molar-refractivity contribution >= 4 is 28.9 Å². The van der Waals surface area contributed by atoms with Crippen LogP contribution in [0, 0.1) is 21.4 Å². The predicted molar refractivity (Wildman–Crippen MR) is 86.6 cm³/mol. The Kier molecular flexibility index (Phi) is 4.94. The van der Waals surface area contributed by atoms with Crippen LogP contribution in [-0.4, -0.2) is 17.4 Å². The summed E-state index contributed by atoms with van der Waals surface area (Å²) < 4.78 is 0. The number of carbonyl (C=O) groups excluding carboxylic acids is 1. The molecule has 0 unspecified atom stereocenters. The molecule has 0 atom stereocenters. The highest BCUT2D eigenvalue weighted by molar-refractivity contribution is 6.32. The number of nitriles is 1. The van der Waals surface area contributed by atoms with E-state index >= 15 is 0 Å². The molecule has 0 saturated heterocycles. The van der Waals surface area contributed by atoms with Crippen molar-refractivity contribution in [3.8, 4) is 6.07 Å². The standard InChI is InChI=1S/C16H12ClN3O3/c1-2-19(14-8-5-12(10-18)15(17)9-14)16(21)11-3-6-13(7-4-11)20(22)23/h3-9H,2H2,1H3. The summed E-state index contributed by atoms with van der Waals surface area (Å²) in [6, 6.07) is 12.1. The molecule has 116 valence electrons. The largest absolute Gasteiger partial charge is 0.309 e. The van der Waals surface area contributed by atoms with Crippen molar-refractivity contribution in [1.29, 1.82) is 5.26 Å². The smallest absolute Gasteiger partial charge is 0.269 e. The van der Waals surface area contributed by atoms with Gasteiger partial charge < -0.3 is 4.90 Å². The van der Waals surface area contributed by atoms with E-state index in [2.05, 4.69) is 0 Å². The van der Waals surface area contributed by atoms with Crippen molar-refractivity contribution < 1.29 is 9.72 Å². The highest BCUT2D eigenvalue weighted by Crippen LogP contribution is 2.25. The van der Waals surface area contributed by atoms with Crippen molar-refractivity contribution in [2.45, 2.75) is 6.92 Å². The summed E-state index contributed by atoms with van der Waals surface area (Å²) in [6.45, 7) is 2.19. The molecule has 0 spiro atoms. The lowest BCUT2D eigenvalue weighted by molar-refractivity contribution is -0.384. The number of anilines is 1. The molecule has 0 aromatic heterocycles. The molecule has 0 aliphatic heterocycles. The Morgan fingerprint density at radius 1 is 1.30 bits per heavy atom. The normalized spacial score (nSPS) is 9.96. The lowest BCUT2D eigenvalue weighted by Gasteiger charge is -2.21. The maximum atomic E-state index is 12.6. The summed E-state index contributed by atoms with van der Waals surface area (Å²) in [6.07, 6.45) is 0. The van der Waals surface area contributed by atoms with Crippen LogP contribution >= 0.6 is 11.6 Å². The summed E-state index contributed by atoms with van der Waals surface area (Å²) in [5.41, 5.74) is 1.14. The molecule has 0 aliphatic carbocycles. The number of nitro groups is 1. The van der Waals surface area contributed by atoms with E-state index < -0.39 is 4.92 Å². The minimum Gasteiger partial charge on any atom is -0.309 e. The minimum absolute atomic E-state index is 0.0778. The first kappa shape index (κ1) is 16.5. The van der Waals surface area contributed by atoms with Gasteiger partial charge in [-0.15, -0.1) is 0 Å². The summed E-state index contributed by atoms with van der Waals surface area (Å²) >= 11 is 6.00. The van der Waals surface area contributed by atoms with E-state index in [1.807, 2.05) is 6.07 Å². The molecule has 0 fully saturated rings. The SMILES string of the molecule is CCN(C(=O)c1ccc([N+](=O)[O-])cc1)c1ccc(C#N)c(Cl)c1. The monoisotopic (exact) mass is 329 g/mol. The van der Waals surface area contributed by atoms with E-state index in [4.69, 9.17) is 16.9 Å². The molecule has 2 rings (SSSR count). The molecule has 0 N–H and O–H groups in total. The minimum atomic E-state index is -0.522. The van der Waals surface area contributed by atoms with Gasteiger partial charge in [0.1, 0.15) is 6.07 Å². The molecule has 2 aromatic rings. The second kappa shape index (κ2) is 6.90. The van der Waals surface area contributed by atoms with Gasteiger partial charge in [-0.1, -0.05) is 11.6 Å². The van der Waals surface area contributed by atoms with Gasteiger partial charge in [0.05, 0.1) is 15.5 Å². The molecular formula is C16H12ClN3O3. The molecule has 0 saturated carbocycles. The highest BCUT2D eigenvalue weighted by atomic mass is 35.5. The van der Waals surface area contributed by atoms with Gasteiger partial charge in [0, 0.05) is 29.9 Å². The van der Waals surface area contributed by atoms with E-state index in [0.29, 0.717) is 23.4 Å². The van der Waals surface area contributed by atoms with Crippen LogP contribution in [0.5, 0.6) is 0 Å². The van der Waals surface area contributed by atoms with Crippen LogP contribution in [0.2, 0.25) is 5.02 Å². The molecule has 0 radical (unpaired) electrons. The van der Waals surface area contributed by atoms with Gasteiger partial charge in [0.2, 0.25) is 0 Å². The Morgan fingerprint density at radius 2 is 1.96 bits per heavy atom. The maximum absolute atomic E-state index is 12.6. The zero-order chi connectivity index (χ0) is 17.0. The zero-order valence-electron chi connectivity index (χ0n) is 12.2. The fourth-order valence-corrected chi connectivity index (χ4v) is 2.30. The molecule has 0 heterocycles. The summed E-state index contributed by atoms with van der Waals surface area (Å²) in [5.74, 6) is -0.303. The second-order valence-corrected chi connectivity index (χ2v) is 5.04. The van der Waals surface area contributed by atoms with Gasteiger partial charge in [-0.2, -0.15) is 5.26 Å². The fourth-order valence-electron chi connectivity index (χ4n) is 2.09. The average molecular weight is 330 g/mol. The number of nitro benzene ring substituents is 1. The van der Waals surface area contributed by atoms with Gasteiger partial charge in [0.15, 0.2) is 0 Å². The third kappa shape index (κ3) is 3.47. The number of nitrogens with zero attached hydrogens (tertiary/aromatic N) is 3. The Labute approximate surface area is 137 Å². The van der Waals surface area contributed by atoms with Gasteiger partial charge in [0.25, 0.3) is 11.6 Å². The number of halogens is 1. The zero-order valence-corrected chi connectivity index (χ0v) is 12.9. The summed E-state index contributed by atoms with van der Waals surface area (Å²) in [5, 5.41) is 19.8. The molecule has 6 nitrogen and oxygen atoms in total. The van der Waals surface area contributed by atoms with E-state index in [1.54, 1.807) is 25.1 Å². The molecule has 0 bridgehead atoms. The first-order valence-corrected chi connectivity index (χ1v) is 7.11. The van der Waals surface area contributed by atoms with Gasteiger partial charge in [-0.3, -0.25) is 14.9 Å². The number of amides is 1. The van der Waals surface area contributed by atoms with Crippen molar-refractivity contribution in [3.05, 3.63) is 68.7 Å². The van der Waals surface area contributed by atoms with Crippen LogP contribution in [0.25, 0.3) is 0 Å². The van der Waals surface area contributed by atoms with E-state index in [1.165, 1.54) is 29.2 Å². The summed E-state index contributed by atoms with van der Waals surface area (Å²) in [7, 11) is 0. The van der Waals surface area contributed by atoms with E-state index in [9.17, 15) is 14.9 Å². The lowest BCUT2D eigenvalue weighted by Crippen LogP contribution is -2.30. The van der Waals surface area contributed by atoms with Gasteiger partial charge in [-0.25, -0.2) is 0 Å². The molecule has 7 heteroatoms. The van der Waals surface area contributed by atoms with Crippen LogP contribution in [0.4, 0.5) is 11.4 Å². The highest BCUT2D eigenvalue weighted by Gasteiger charge is 2.18. The second-order valence-electron chi connectivity index (χ2n) is 4.63. The molecular weight excluding hydrogens is 318 g/mol. The molecule has 0 aliphatic rings. The number of hydrogen-bond acceptors (Lipinski definition) is 4. The van der Waals surface area contributed by atoms with Crippen LogP contribution in [0.3, 0.4) is 0 Å². The Bertz CT molecular complexity index is 797. The average Bonchev–Trinajstić information content (AvgIpc) is 2.55. The van der Waals surface area contributed by atoms with Crippen molar-refractivity contribution in [1.82, 2.24) is 0 Å². The first-order chi connectivity index (χ1) is 11.0. The Balaban J connectivity index is 2.33. The number of rotatable bonds is 4. The Morgan fingerprint density at radius 3 is 2.43 bits per heavy atom. The van der Waals surface area contributed by atoms with Crippen molar-refractivity contribution in [2.75, 3.05) is 11.4 Å². The third-order valence-corrected chi connectivity index (χ3v) is 3.58. The van der Waals surface area contributed by atoms with Crippen LogP contribution < -0.4 is 4.90 Å². The van der Waals surface area contributed by atoms with Gasteiger partial charge >= 0.3 is 0 Å². The fraction of sp³-hybridized carbons (Fsp3) is 0.125. The van der Waals surface area contributed by atoms with Crippen molar-refractivity contribution in [3.63, 3.8) is 0 Å². The number of non-ortho nitro benzene ring substituents is 1. The molecule has 2 aromatic carbocycles. The number of carbonyl (C=O) groups is 1. The first-order valence-electron chi connectivity index (χ1n) is 6.74. The van der Waals surface area contributed by atoms with Crippen molar-refractivity contribution in [2.24, 2.45) is 0 Å². The van der Waals surface area contributed by atoms with E-state index in [-0.39, 0.29) is 16.6 Å². The van der Waals surface area contributed by atoms with Crippen LogP contribution in [-0.2, 0) is 0 Å². The Hall–Kier alpha value is -2.91. The molecule has 1 amide bonds. The quantitative estimate of drug-likeness (QED) is 0.630. The van der Waals surface area contributed by atoms with Crippen LogP contribution in [0.1, 0.15) is 22.8 Å². The third-order valence-electron chi connectivity index (χ3n) is 3.27. The van der Waals surface area contributed by atoms with Crippen LogP contribution in [0.15, 0.2) is 42.5 Å². The summed E-state index contributed by atoms with van der Waals surface area (Å²) in [4.78, 5) is 24.2. The van der Waals surface area contributed by atoms with Gasteiger partial charge in [-0.05, 0) is 37.3 Å². The lowest BCUT2D eigenvalue weighted by atomic mass is 10.1. The predicted octanol–water partition coefficient (Wildman–Crippen LogP) is 3.79. The number of hydrogen-bond donors (Lipinski definition) is 0. The van der Waals surface area contributed by atoms with E-state index in [0.717, 1.165) is 0 Å². The maximum Gasteiger partial charge on any atom is 0.269 e.